The van der Waals surface area contributed by atoms with Gasteiger partial charge in [-0.1, -0.05) is 36.4 Å². The van der Waals surface area contributed by atoms with Gasteiger partial charge in [0.05, 0.1) is 16.4 Å². The van der Waals surface area contributed by atoms with Crippen LogP contribution in [0.5, 0.6) is 0 Å². The Morgan fingerprint density at radius 3 is 2.58 bits per heavy atom. The smallest absolute Gasteiger partial charge is 0.0674 e. The summed E-state index contributed by atoms with van der Waals surface area (Å²) in [5, 5.41) is 15.2. The maximum atomic E-state index is 9.82. The Labute approximate surface area is 122 Å². The summed E-state index contributed by atoms with van der Waals surface area (Å²) in [4.78, 5) is 0. The van der Waals surface area contributed by atoms with Gasteiger partial charge in [0.15, 0.2) is 0 Å². The average molecular weight is 293 g/mol. The quantitative estimate of drug-likeness (QED) is 0.768. The summed E-state index contributed by atoms with van der Waals surface area (Å²) < 4.78 is 1.33. The molecule has 0 aliphatic carbocycles. The second kappa shape index (κ2) is 7.10. The number of hydrogen-bond acceptors (Lipinski definition) is 4. The Morgan fingerprint density at radius 2 is 2.00 bits per heavy atom. The van der Waals surface area contributed by atoms with Crippen LogP contribution in [0.1, 0.15) is 12.0 Å². The largest absolute Gasteiger partial charge is 0.394 e. The molecule has 0 fully saturated rings. The van der Waals surface area contributed by atoms with Gasteiger partial charge in [0.25, 0.3) is 0 Å². The summed E-state index contributed by atoms with van der Waals surface area (Å²) >= 11 is 3.61. The van der Waals surface area contributed by atoms with Gasteiger partial charge in [-0.25, -0.2) is 0 Å². The first-order valence-electron chi connectivity index (χ1n) is 6.32. The van der Waals surface area contributed by atoms with Crippen LogP contribution in [-0.2, 0) is 5.54 Å². The van der Waals surface area contributed by atoms with Crippen LogP contribution < -0.4 is 5.32 Å². The van der Waals surface area contributed by atoms with Gasteiger partial charge >= 0.3 is 0 Å². The molecule has 1 aromatic carbocycles. The average Bonchev–Trinajstić information content (AvgIpc) is 2.98. The maximum absolute atomic E-state index is 9.82. The molecule has 2 nitrogen and oxygen atoms in total. The molecule has 0 amide bonds. The summed E-state index contributed by atoms with van der Waals surface area (Å²) in [6.45, 7) is 0.110. The van der Waals surface area contributed by atoms with Crippen molar-refractivity contribution in [2.75, 3.05) is 19.4 Å². The fraction of sp³-hybridized carbons (Fsp3) is 0.333. The van der Waals surface area contributed by atoms with Gasteiger partial charge in [-0.2, -0.15) is 0 Å². The van der Waals surface area contributed by atoms with Crippen molar-refractivity contribution < 1.29 is 5.11 Å². The molecule has 1 heterocycles. The van der Waals surface area contributed by atoms with Gasteiger partial charge in [0.2, 0.25) is 0 Å². The van der Waals surface area contributed by atoms with Crippen LogP contribution in [-0.4, -0.2) is 24.5 Å². The number of benzene rings is 1. The van der Waals surface area contributed by atoms with Crippen molar-refractivity contribution in [1.82, 2.24) is 5.32 Å². The normalized spacial score (nSPS) is 14.2. The van der Waals surface area contributed by atoms with Crippen LogP contribution in [0.4, 0.5) is 0 Å². The van der Waals surface area contributed by atoms with Crippen molar-refractivity contribution in [3.63, 3.8) is 0 Å². The number of aliphatic hydroxyl groups is 1. The Kier molecular flexibility index (Phi) is 5.45. The minimum Gasteiger partial charge on any atom is -0.394 e. The van der Waals surface area contributed by atoms with E-state index < -0.39 is 0 Å². The third-order valence-corrected chi connectivity index (χ3v) is 5.48. The number of hydrogen-bond donors (Lipinski definition) is 2. The van der Waals surface area contributed by atoms with Gasteiger partial charge in [-0.05, 0) is 30.5 Å². The van der Waals surface area contributed by atoms with E-state index in [-0.39, 0.29) is 12.1 Å². The molecule has 1 unspecified atom stereocenters. The molecule has 0 aliphatic heterocycles. The standard InChI is InChI=1S/C15H19NOS2/c1-16-15(12-17,13-6-3-2-4-7-13)9-11-19-14-8-5-10-18-14/h2-8,10,16-17H,9,11-12H2,1H3. The molecule has 4 heteroatoms. The Balaban J connectivity index is 2.03. The predicted octanol–water partition coefficient (Wildman–Crippen LogP) is 3.34. The second-order valence-electron chi connectivity index (χ2n) is 4.39. The van der Waals surface area contributed by atoms with Crippen LogP contribution in [0.25, 0.3) is 0 Å². The lowest BCUT2D eigenvalue weighted by atomic mass is 9.88. The molecule has 0 aliphatic rings. The molecule has 1 atom stereocenters. The van der Waals surface area contributed by atoms with E-state index in [9.17, 15) is 5.11 Å². The van der Waals surface area contributed by atoms with Gasteiger partial charge < -0.3 is 10.4 Å². The zero-order chi connectivity index (χ0) is 13.6. The molecule has 19 heavy (non-hydrogen) atoms. The molecule has 2 N–H and O–H groups in total. The second-order valence-corrected chi connectivity index (χ2v) is 6.73. The molecular weight excluding hydrogens is 274 g/mol. The molecule has 0 bridgehead atoms. The van der Waals surface area contributed by atoms with E-state index >= 15 is 0 Å². The Bertz CT molecular complexity index is 466. The first kappa shape index (κ1) is 14.6. The summed E-state index contributed by atoms with van der Waals surface area (Å²) in [6.07, 6.45) is 0.895. The van der Waals surface area contributed by atoms with Crippen LogP contribution >= 0.6 is 23.1 Å². The van der Waals surface area contributed by atoms with E-state index in [0.717, 1.165) is 17.7 Å². The molecular formula is C15H19NOS2. The molecule has 2 rings (SSSR count). The highest BCUT2D eigenvalue weighted by molar-refractivity contribution is 8.01. The van der Waals surface area contributed by atoms with Gasteiger partial charge in [-0.3, -0.25) is 0 Å². The van der Waals surface area contributed by atoms with Gasteiger partial charge in [0, 0.05) is 5.75 Å². The highest BCUT2D eigenvalue weighted by Crippen LogP contribution is 2.30. The van der Waals surface area contributed by atoms with Crippen LogP contribution in [0.2, 0.25) is 0 Å². The van der Waals surface area contributed by atoms with Crippen molar-refractivity contribution in [3.05, 3.63) is 53.4 Å². The van der Waals surface area contributed by atoms with Crippen LogP contribution in [0.15, 0.2) is 52.1 Å². The lowest BCUT2D eigenvalue weighted by Gasteiger charge is -2.32. The number of thiophene rings is 1. The third kappa shape index (κ3) is 3.60. The molecule has 2 aromatic rings. The zero-order valence-electron chi connectivity index (χ0n) is 11.0. The maximum Gasteiger partial charge on any atom is 0.0674 e. The lowest BCUT2D eigenvalue weighted by Crippen LogP contribution is -2.44. The number of rotatable bonds is 7. The molecule has 0 radical (unpaired) electrons. The minimum absolute atomic E-state index is 0.110. The van der Waals surface area contributed by atoms with Gasteiger partial charge in [-0.15, -0.1) is 23.1 Å². The fourth-order valence-electron chi connectivity index (χ4n) is 2.09. The first-order chi connectivity index (χ1) is 9.30. The molecule has 1 aromatic heterocycles. The predicted molar refractivity (Wildman–Crippen MR) is 83.9 cm³/mol. The topological polar surface area (TPSA) is 32.3 Å². The summed E-state index contributed by atoms with van der Waals surface area (Å²) in [6, 6.07) is 14.4. The fourth-order valence-corrected chi connectivity index (χ4v) is 4.06. The van der Waals surface area contributed by atoms with Crippen molar-refractivity contribution in [3.8, 4) is 0 Å². The van der Waals surface area contributed by atoms with Gasteiger partial charge in [0.1, 0.15) is 0 Å². The van der Waals surface area contributed by atoms with E-state index in [0.29, 0.717) is 0 Å². The molecule has 0 spiro atoms. The van der Waals surface area contributed by atoms with E-state index in [1.54, 1.807) is 11.3 Å². The Morgan fingerprint density at radius 1 is 1.21 bits per heavy atom. The summed E-state index contributed by atoms with van der Waals surface area (Å²) in [5.74, 6) is 0.983. The number of likely N-dealkylation sites (N-methyl/N-ethyl adjacent to an activating group) is 1. The van der Waals surface area contributed by atoms with Crippen molar-refractivity contribution in [2.24, 2.45) is 0 Å². The SMILES string of the molecule is CNC(CO)(CCSc1cccs1)c1ccccc1. The Hall–Kier alpha value is -0.810. The van der Waals surface area contributed by atoms with Crippen molar-refractivity contribution in [1.29, 1.82) is 0 Å². The minimum atomic E-state index is -0.342. The van der Waals surface area contributed by atoms with Crippen molar-refractivity contribution >= 4 is 23.1 Å². The zero-order valence-corrected chi connectivity index (χ0v) is 12.6. The van der Waals surface area contributed by atoms with E-state index in [1.165, 1.54) is 4.21 Å². The highest BCUT2D eigenvalue weighted by atomic mass is 32.2. The number of aliphatic hydroxyl groups excluding tert-OH is 1. The molecule has 102 valence electrons. The van der Waals surface area contributed by atoms with E-state index in [2.05, 4.69) is 35.0 Å². The summed E-state index contributed by atoms with van der Waals surface area (Å²) in [5.41, 5.74) is 0.803. The van der Waals surface area contributed by atoms with Crippen LogP contribution in [0, 0.1) is 0 Å². The monoisotopic (exact) mass is 293 g/mol. The highest BCUT2D eigenvalue weighted by Gasteiger charge is 2.29. The lowest BCUT2D eigenvalue weighted by molar-refractivity contribution is 0.165. The number of nitrogens with one attached hydrogen (secondary N) is 1. The molecule has 0 saturated carbocycles. The third-order valence-electron chi connectivity index (χ3n) is 3.34. The van der Waals surface area contributed by atoms with E-state index in [1.807, 2.05) is 37.0 Å². The first-order valence-corrected chi connectivity index (χ1v) is 8.19. The summed E-state index contributed by atoms with van der Waals surface area (Å²) in [7, 11) is 1.92. The van der Waals surface area contributed by atoms with E-state index in [4.69, 9.17) is 0 Å². The molecule has 0 saturated heterocycles. The van der Waals surface area contributed by atoms with Crippen LogP contribution in [0.3, 0.4) is 0 Å². The van der Waals surface area contributed by atoms with Crippen molar-refractivity contribution in [2.45, 2.75) is 16.2 Å². The number of thioether (sulfide) groups is 1.